The van der Waals surface area contributed by atoms with Gasteiger partial charge in [0.1, 0.15) is 5.56 Å². The maximum atomic E-state index is 12.9. The lowest BCUT2D eigenvalue weighted by molar-refractivity contribution is -0.385. The lowest BCUT2D eigenvalue weighted by Crippen LogP contribution is -2.46. The van der Waals surface area contributed by atoms with Gasteiger partial charge in [-0.15, -0.1) is 0 Å². The molecule has 0 saturated heterocycles. The van der Waals surface area contributed by atoms with Gasteiger partial charge >= 0.3 is 5.97 Å². The molecule has 2 rings (SSSR count). The van der Waals surface area contributed by atoms with Crippen LogP contribution in [0, 0.1) is 10.1 Å². The highest BCUT2D eigenvalue weighted by Crippen LogP contribution is 2.35. The second-order valence-electron chi connectivity index (χ2n) is 7.92. The molecular formula is C23H28N2O7. The highest BCUT2D eigenvalue weighted by atomic mass is 16.6. The van der Waals surface area contributed by atoms with Crippen molar-refractivity contribution in [1.82, 2.24) is 4.90 Å². The molecule has 1 amide bonds. The van der Waals surface area contributed by atoms with Gasteiger partial charge in [0.05, 0.1) is 24.7 Å². The third-order valence-corrected chi connectivity index (χ3v) is 4.62. The minimum atomic E-state index is -0.998. The fourth-order valence-corrected chi connectivity index (χ4v) is 3.04. The molecule has 0 spiro atoms. The number of esters is 1. The number of nitrogens with zero attached hydrogens (tertiary/aromatic N) is 2. The Kier molecular flexibility index (Phi) is 8.17. The highest BCUT2D eigenvalue weighted by molar-refractivity contribution is 5.96. The van der Waals surface area contributed by atoms with Crippen molar-refractivity contribution in [3.05, 3.63) is 63.7 Å². The Morgan fingerprint density at radius 3 is 2.28 bits per heavy atom. The van der Waals surface area contributed by atoms with Crippen LogP contribution in [0.15, 0.2) is 42.5 Å². The van der Waals surface area contributed by atoms with Crippen molar-refractivity contribution in [2.24, 2.45) is 0 Å². The summed E-state index contributed by atoms with van der Waals surface area (Å²) in [5, 5.41) is 11.5. The molecule has 0 N–H and O–H groups in total. The quantitative estimate of drug-likeness (QED) is 0.327. The number of rotatable bonds is 9. The molecule has 172 valence electrons. The maximum Gasteiger partial charge on any atom is 0.345 e. The van der Waals surface area contributed by atoms with E-state index in [2.05, 4.69) is 0 Å². The average molecular weight is 444 g/mol. The Hall–Kier alpha value is -3.62. The van der Waals surface area contributed by atoms with Gasteiger partial charge in [0.25, 0.3) is 11.6 Å². The van der Waals surface area contributed by atoms with Crippen LogP contribution in [0.5, 0.6) is 11.5 Å². The van der Waals surface area contributed by atoms with Crippen molar-refractivity contribution >= 4 is 17.6 Å². The number of hydrogen-bond donors (Lipinski definition) is 0. The third-order valence-electron chi connectivity index (χ3n) is 4.62. The molecule has 32 heavy (non-hydrogen) atoms. The number of carbonyl (C=O) groups is 2. The van der Waals surface area contributed by atoms with Crippen molar-refractivity contribution in [3.8, 4) is 11.5 Å². The van der Waals surface area contributed by atoms with Gasteiger partial charge in [0.2, 0.25) is 0 Å². The zero-order valence-electron chi connectivity index (χ0n) is 18.9. The van der Waals surface area contributed by atoms with Crippen molar-refractivity contribution in [1.29, 1.82) is 0 Å². The first kappa shape index (κ1) is 24.6. The zero-order chi connectivity index (χ0) is 23.9. The summed E-state index contributed by atoms with van der Waals surface area (Å²) in [6.07, 6.45) is 0. The van der Waals surface area contributed by atoms with E-state index in [1.165, 1.54) is 13.2 Å². The second-order valence-corrected chi connectivity index (χ2v) is 7.92. The molecule has 0 heterocycles. The molecule has 9 nitrogen and oxygen atoms in total. The van der Waals surface area contributed by atoms with Crippen LogP contribution in [0.1, 0.15) is 43.6 Å². The van der Waals surface area contributed by atoms with E-state index in [0.717, 1.165) is 11.6 Å². The summed E-state index contributed by atoms with van der Waals surface area (Å²) in [4.78, 5) is 37.9. The van der Waals surface area contributed by atoms with E-state index >= 15 is 0 Å². The van der Waals surface area contributed by atoms with E-state index in [0.29, 0.717) is 6.54 Å². The van der Waals surface area contributed by atoms with E-state index in [-0.39, 0.29) is 23.7 Å². The molecule has 2 aromatic rings. The van der Waals surface area contributed by atoms with Crippen LogP contribution >= 0.6 is 0 Å². The number of benzene rings is 2. The minimum absolute atomic E-state index is 0.118. The number of methoxy groups -OCH3 is 1. The first-order valence-corrected chi connectivity index (χ1v) is 10.1. The molecule has 0 aliphatic rings. The van der Waals surface area contributed by atoms with Gasteiger partial charge in [-0.2, -0.15) is 0 Å². The summed E-state index contributed by atoms with van der Waals surface area (Å²) in [7, 11) is 1.34. The number of hydrogen-bond acceptors (Lipinski definition) is 7. The van der Waals surface area contributed by atoms with Crippen molar-refractivity contribution < 1.29 is 28.7 Å². The topological polar surface area (TPSA) is 108 Å². The normalized spacial score (nSPS) is 10.9. The fourth-order valence-electron chi connectivity index (χ4n) is 3.04. The van der Waals surface area contributed by atoms with E-state index in [9.17, 15) is 19.7 Å². The number of amides is 1. The van der Waals surface area contributed by atoms with E-state index < -0.39 is 34.6 Å². The predicted molar refractivity (Wildman–Crippen MR) is 118 cm³/mol. The number of nitro groups is 1. The van der Waals surface area contributed by atoms with E-state index in [1.54, 1.807) is 11.8 Å². The first-order chi connectivity index (χ1) is 15.1. The van der Waals surface area contributed by atoms with Gasteiger partial charge in [-0.05, 0) is 33.3 Å². The standard InChI is InChI=1S/C23H28N2O7/c1-6-31-20-12-17(18(25(28)29)13-19(20)30-5)22(27)32-15-21(26)24(23(2,3)4)14-16-10-8-7-9-11-16/h7-13H,6,14-15H2,1-5H3. The lowest BCUT2D eigenvalue weighted by atomic mass is 10.0. The van der Waals surface area contributed by atoms with Gasteiger partial charge < -0.3 is 19.1 Å². The van der Waals surface area contributed by atoms with E-state index in [1.807, 2.05) is 51.1 Å². The number of ether oxygens (including phenoxy) is 3. The molecule has 2 aromatic carbocycles. The Bertz CT molecular complexity index is 968. The first-order valence-electron chi connectivity index (χ1n) is 10.1. The summed E-state index contributed by atoms with van der Waals surface area (Å²) in [6, 6.07) is 11.7. The summed E-state index contributed by atoms with van der Waals surface area (Å²) >= 11 is 0. The Balaban J connectivity index is 2.23. The fraction of sp³-hybridized carbons (Fsp3) is 0.391. The van der Waals surface area contributed by atoms with Crippen molar-refractivity contribution in [2.75, 3.05) is 20.3 Å². The van der Waals surface area contributed by atoms with Crippen LogP contribution in [0.25, 0.3) is 0 Å². The molecular weight excluding hydrogens is 416 g/mol. The van der Waals surface area contributed by atoms with Crippen LogP contribution in [0.3, 0.4) is 0 Å². The molecule has 0 aromatic heterocycles. The summed E-state index contributed by atoms with van der Waals surface area (Å²) < 4.78 is 15.7. The number of carbonyl (C=O) groups excluding carboxylic acids is 2. The van der Waals surface area contributed by atoms with Gasteiger partial charge in [-0.1, -0.05) is 30.3 Å². The Labute approximate surface area is 187 Å². The summed E-state index contributed by atoms with van der Waals surface area (Å²) in [5.41, 5.74) is -0.431. The second kappa shape index (κ2) is 10.6. The van der Waals surface area contributed by atoms with Crippen LogP contribution in [0.4, 0.5) is 5.69 Å². The average Bonchev–Trinajstić information content (AvgIpc) is 2.75. The van der Waals surface area contributed by atoms with Gasteiger partial charge in [0, 0.05) is 18.2 Å². The highest BCUT2D eigenvalue weighted by Gasteiger charge is 2.30. The largest absolute Gasteiger partial charge is 0.493 e. The van der Waals surface area contributed by atoms with Crippen LogP contribution in [-0.2, 0) is 16.1 Å². The molecule has 0 bridgehead atoms. The summed E-state index contributed by atoms with van der Waals surface area (Å²) in [5.74, 6) is -1.13. The lowest BCUT2D eigenvalue weighted by Gasteiger charge is -2.35. The van der Waals surface area contributed by atoms with E-state index in [4.69, 9.17) is 14.2 Å². The summed E-state index contributed by atoms with van der Waals surface area (Å²) in [6.45, 7) is 7.38. The third kappa shape index (κ3) is 6.19. The Morgan fingerprint density at radius 2 is 1.75 bits per heavy atom. The van der Waals surface area contributed by atoms with Crippen LogP contribution < -0.4 is 9.47 Å². The van der Waals surface area contributed by atoms with Crippen LogP contribution in [-0.4, -0.2) is 47.6 Å². The van der Waals surface area contributed by atoms with Gasteiger partial charge in [-0.25, -0.2) is 4.79 Å². The Morgan fingerprint density at radius 1 is 1.09 bits per heavy atom. The molecule has 0 unspecified atom stereocenters. The molecule has 0 aliphatic carbocycles. The van der Waals surface area contributed by atoms with Crippen molar-refractivity contribution in [3.63, 3.8) is 0 Å². The van der Waals surface area contributed by atoms with Gasteiger partial charge in [0.15, 0.2) is 18.1 Å². The molecule has 0 saturated carbocycles. The van der Waals surface area contributed by atoms with Gasteiger partial charge in [-0.3, -0.25) is 14.9 Å². The van der Waals surface area contributed by atoms with Crippen LogP contribution in [0.2, 0.25) is 0 Å². The molecule has 0 aliphatic heterocycles. The molecule has 0 fully saturated rings. The molecule has 0 atom stereocenters. The maximum absolute atomic E-state index is 12.9. The molecule has 9 heteroatoms. The smallest absolute Gasteiger partial charge is 0.345 e. The number of nitro benzene ring substituents is 1. The monoisotopic (exact) mass is 444 g/mol. The zero-order valence-corrected chi connectivity index (χ0v) is 18.9. The minimum Gasteiger partial charge on any atom is -0.493 e. The van der Waals surface area contributed by atoms with Crippen molar-refractivity contribution in [2.45, 2.75) is 39.8 Å². The molecule has 0 radical (unpaired) electrons. The SMILES string of the molecule is CCOc1cc(C(=O)OCC(=O)N(Cc2ccccc2)C(C)(C)C)c([N+](=O)[O-])cc1OC. The predicted octanol–water partition coefficient (Wildman–Crippen LogP) is 3.99.